The van der Waals surface area contributed by atoms with E-state index in [9.17, 15) is 0 Å². The zero-order valence-electron chi connectivity index (χ0n) is 18.3. The van der Waals surface area contributed by atoms with Crippen molar-refractivity contribution in [1.29, 1.82) is 0 Å². The largest absolute Gasteiger partial charge is 0.454 e. The molecule has 2 aromatic rings. The van der Waals surface area contributed by atoms with E-state index in [1.807, 2.05) is 12.1 Å². The van der Waals surface area contributed by atoms with E-state index in [-0.39, 0.29) is 12.2 Å². The van der Waals surface area contributed by atoms with Crippen molar-refractivity contribution in [2.24, 2.45) is 11.8 Å². The summed E-state index contributed by atoms with van der Waals surface area (Å²) in [5, 5.41) is 0. The first-order valence-electron chi connectivity index (χ1n) is 11.9. The number of rotatable bonds is 6. The second-order valence-corrected chi connectivity index (χ2v) is 9.31. The highest BCUT2D eigenvalue weighted by Crippen LogP contribution is 2.40. The minimum atomic E-state index is -0.164. The average molecular weight is 439 g/mol. The Labute approximate surface area is 188 Å². The maximum Gasteiger partial charge on any atom is 0.231 e. The zero-order valence-corrected chi connectivity index (χ0v) is 18.3. The lowest BCUT2D eigenvalue weighted by Crippen LogP contribution is -2.31. The standard InChI is InChI=1S/C26H30O6/c1-2-4-20(5-3-1)32-26-21(11-18-7-9-23-25(13-18)31-16-29-23)19(14-27-26)10-17-6-8-22-24(12-17)30-15-28-22/h6-9,12-13,19-21,26H,1-5,10-11,14-16H2. The molecule has 1 saturated carbocycles. The van der Waals surface area contributed by atoms with Crippen molar-refractivity contribution >= 4 is 0 Å². The van der Waals surface area contributed by atoms with E-state index in [4.69, 9.17) is 28.4 Å². The Hall–Kier alpha value is -2.44. The van der Waals surface area contributed by atoms with Gasteiger partial charge < -0.3 is 28.4 Å². The first kappa shape index (κ1) is 20.2. The van der Waals surface area contributed by atoms with Gasteiger partial charge in [0.1, 0.15) is 0 Å². The van der Waals surface area contributed by atoms with Gasteiger partial charge in [0.2, 0.25) is 13.6 Å². The van der Waals surface area contributed by atoms with Gasteiger partial charge in [-0.05, 0) is 67.0 Å². The summed E-state index contributed by atoms with van der Waals surface area (Å²) in [6, 6.07) is 12.5. The van der Waals surface area contributed by atoms with E-state index in [1.54, 1.807) is 0 Å². The summed E-state index contributed by atoms with van der Waals surface area (Å²) in [6.45, 7) is 1.31. The maximum absolute atomic E-state index is 6.55. The predicted molar refractivity (Wildman–Crippen MR) is 117 cm³/mol. The van der Waals surface area contributed by atoms with Crippen molar-refractivity contribution < 1.29 is 28.4 Å². The van der Waals surface area contributed by atoms with Crippen molar-refractivity contribution in [3.8, 4) is 23.0 Å². The van der Waals surface area contributed by atoms with E-state index >= 15 is 0 Å². The van der Waals surface area contributed by atoms with E-state index in [2.05, 4.69) is 24.3 Å². The van der Waals surface area contributed by atoms with Crippen LogP contribution in [0.2, 0.25) is 0 Å². The topological polar surface area (TPSA) is 55.4 Å². The summed E-state index contributed by atoms with van der Waals surface area (Å²) in [5.41, 5.74) is 2.48. The molecule has 6 heteroatoms. The molecular formula is C26H30O6. The SMILES string of the molecule is c1cc2c(cc1CC1COC(OC3CCCCC3)C1Cc1ccc3c(c1)OCO3)OCO2. The average Bonchev–Trinajstić information content (AvgIpc) is 3.56. The number of benzene rings is 2. The van der Waals surface area contributed by atoms with E-state index < -0.39 is 0 Å². The van der Waals surface area contributed by atoms with Gasteiger partial charge >= 0.3 is 0 Å². The van der Waals surface area contributed by atoms with Gasteiger partial charge in [0.05, 0.1) is 12.7 Å². The Morgan fingerprint density at radius 3 is 2.03 bits per heavy atom. The van der Waals surface area contributed by atoms with Crippen molar-refractivity contribution in [2.45, 2.75) is 57.3 Å². The van der Waals surface area contributed by atoms with Gasteiger partial charge in [0.15, 0.2) is 29.3 Å². The molecule has 3 aliphatic heterocycles. The fourth-order valence-corrected chi connectivity index (χ4v) is 5.40. The number of fused-ring (bicyclic) bond motifs is 2. The third-order valence-electron chi connectivity index (χ3n) is 7.15. The third kappa shape index (κ3) is 4.14. The van der Waals surface area contributed by atoms with Gasteiger partial charge in [0.25, 0.3) is 0 Å². The van der Waals surface area contributed by atoms with Crippen LogP contribution in [0.15, 0.2) is 36.4 Å². The van der Waals surface area contributed by atoms with Crippen molar-refractivity contribution in [1.82, 2.24) is 0 Å². The van der Waals surface area contributed by atoms with Crippen LogP contribution in [0.1, 0.15) is 43.2 Å². The first-order valence-corrected chi connectivity index (χ1v) is 11.9. The van der Waals surface area contributed by atoms with Gasteiger partial charge in [-0.1, -0.05) is 31.4 Å². The molecule has 6 rings (SSSR count). The van der Waals surface area contributed by atoms with Crippen LogP contribution in [-0.2, 0) is 22.3 Å². The minimum Gasteiger partial charge on any atom is -0.454 e. The van der Waals surface area contributed by atoms with Crippen LogP contribution < -0.4 is 18.9 Å². The molecule has 0 radical (unpaired) electrons. The molecule has 0 amide bonds. The summed E-state index contributed by atoms with van der Waals surface area (Å²) in [5.74, 6) is 3.97. The molecule has 3 heterocycles. The van der Waals surface area contributed by atoms with Crippen LogP contribution in [0.5, 0.6) is 23.0 Å². The highest BCUT2D eigenvalue weighted by atomic mass is 16.7. The normalized spacial score (nSPS) is 26.6. The molecule has 0 bridgehead atoms. The van der Waals surface area contributed by atoms with Crippen molar-refractivity contribution in [3.63, 3.8) is 0 Å². The smallest absolute Gasteiger partial charge is 0.231 e. The number of hydrogen-bond acceptors (Lipinski definition) is 6. The Kier molecular flexibility index (Phi) is 5.57. The summed E-state index contributed by atoms with van der Waals surface area (Å²) < 4.78 is 35.0. The fraction of sp³-hybridized carbons (Fsp3) is 0.538. The Morgan fingerprint density at radius 1 is 0.719 bits per heavy atom. The second-order valence-electron chi connectivity index (χ2n) is 9.31. The van der Waals surface area contributed by atoms with Crippen LogP contribution in [0, 0.1) is 11.8 Å². The lowest BCUT2D eigenvalue weighted by Gasteiger charge is -2.29. The van der Waals surface area contributed by atoms with Crippen molar-refractivity contribution in [3.05, 3.63) is 47.5 Å². The summed E-state index contributed by atoms with van der Waals surface area (Å²) in [7, 11) is 0. The van der Waals surface area contributed by atoms with E-state index in [0.29, 0.717) is 32.2 Å². The second kappa shape index (κ2) is 8.83. The highest BCUT2D eigenvalue weighted by Gasteiger charge is 2.39. The quantitative estimate of drug-likeness (QED) is 0.642. The molecule has 1 saturated heterocycles. The van der Waals surface area contributed by atoms with Crippen LogP contribution in [0.3, 0.4) is 0 Å². The van der Waals surface area contributed by atoms with Gasteiger partial charge in [0, 0.05) is 5.92 Å². The molecule has 3 atom stereocenters. The highest BCUT2D eigenvalue weighted by molar-refractivity contribution is 5.45. The molecule has 170 valence electrons. The molecule has 0 spiro atoms. The summed E-state index contributed by atoms with van der Waals surface area (Å²) >= 11 is 0. The third-order valence-corrected chi connectivity index (χ3v) is 7.15. The number of hydrogen-bond donors (Lipinski definition) is 0. The monoisotopic (exact) mass is 438 g/mol. The van der Waals surface area contributed by atoms with E-state index in [1.165, 1.54) is 30.4 Å². The summed E-state index contributed by atoms with van der Waals surface area (Å²) in [6.07, 6.45) is 8.08. The van der Waals surface area contributed by atoms with Crippen molar-refractivity contribution in [2.75, 3.05) is 20.2 Å². The molecule has 4 aliphatic rings. The molecule has 2 fully saturated rings. The van der Waals surface area contributed by atoms with Crippen LogP contribution in [0.25, 0.3) is 0 Å². The van der Waals surface area contributed by atoms with Crippen LogP contribution in [0.4, 0.5) is 0 Å². The van der Waals surface area contributed by atoms with Gasteiger partial charge in [-0.15, -0.1) is 0 Å². The molecule has 0 aromatic heterocycles. The minimum absolute atomic E-state index is 0.164. The predicted octanol–water partition coefficient (Wildman–Crippen LogP) is 4.87. The Bertz CT molecular complexity index is 953. The molecule has 3 unspecified atom stereocenters. The van der Waals surface area contributed by atoms with Gasteiger partial charge in [-0.3, -0.25) is 0 Å². The van der Waals surface area contributed by atoms with Gasteiger partial charge in [-0.25, -0.2) is 0 Å². The van der Waals surface area contributed by atoms with Gasteiger partial charge in [-0.2, -0.15) is 0 Å². The van der Waals surface area contributed by atoms with Crippen LogP contribution >= 0.6 is 0 Å². The molecule has 6 nitrogen and oxygen atoms in total. The van der Waals surface area contributed by atoms with Crippen LogP contribution in [-0.4, -0.2) is 32.6 Å². The lowest BCUT2D eigenvalue weighted by molar-refractivity contribution is -0.168. The molecule has 2 aromatic carbocycles. The Balaban J connectivity index is 1.21. The number of ether oxygens (including phenoxy) is 6. The lowest BCUT2D eigenvalue weighted by atomic mass is 9.84. The van der Waals surface area contributed by atoms with E-state index in [0.717, 1.165) is 48.7 Å². The Morgan fingerprint density at radius 2 is 1.34 bits per heavy atom. The molecular weight excluding hydrogens is 408 g/mol. The molecule has 1 aliphatic carbocycles. The zero-order chi connectivity index (χ0) is 21.3. The maximum atomic E-state index is 6.55. The summed E-state index contributed by atoms with van der Waals surface area (Å²) in [4.78, 5) is 0. The molecule has 0 N–H and O–H groups in total. The first-order chi connectivity index (χ1) is 15.8. The fourth-order valence-electron chi connectivity index (χ4n) is 5.40. The molecule has 32 heavy (non-hydrogen) atoms.